The van der Waals surface area contributed by atoms with Gasteiger partial charge in [-0.1, -0.05) is 5.16 Å². The summed E-state index contributed by atoms with van der Waals surface area (Å²) in [6.45, 7) is 0.0881. The fourth-order valence-corrected chi connectivity index (χ4v) is 2.11. The maximum atomic E-state index is 12.1. The van der Waals surface area contributed by atoms with Crippen LogP contribution in [0.15, 0.2) is 41.2 Å². The van der Waals surface area contributed by atoms with Gasteiger partial charge in [-0.15, -0.1) is 0 Å². The van der Waals surface area contributed by atoms with Crippen molar-refractivity contribution in [1.29, 1.82) is 0 Å². The lowest BCUT2D eigenvalue weighted by molar-refractivity contribution is 0.0600. The van der Waals surface area contributed by atoms with Crippen LogP contribution in [-0.4, -0.2) is 38.9 Å². The summed E-state index contributed by atoms with van der Waals surface area (Å²) in [6.07, 6.45) is 3.38. The van der Waals surface area contributed by atoms with Gasteiger partial charge in [-0.25, -0.2) is 4.79 Å². The zero-order valence-electron chi connectivity index (χ0n) is 13.6. The maximum absolute atomic E-state index is 12.1. The Morgan fingerprint density at radius 1 is 1.24 bits per heavy atom. The minimum absolute atomic E-state index is 0.0881. The van der Waals surface area contributed by atoms with Gasteiger partial charge in [0.1, 0.15) is 0 Å². The molecule has 0 fully saturated rings. The molecule has 2 heterocycles. The number of benzene rings is 1. The highest BCUT2D eigenvalue weighted by Gasteiger charge is 2.13. The number of nitrogens with zero attached hydrogens (tertiary/aromatic N) is 4. The summed E-state index contributed by atoms with van der Waals surface area (Å²) in [6, 6.07) is 6.12. The lowest BCUT2D eigenvalue weighted by atomic mass is 10.1. The van der Waals surface area contributed by atoms with Gasteiger partial charge in [0.25, 0.3) is 5.91 Å². The molecule has 0 saturated heterocycles. The molecule has 0 aliphatic heterocycles. The van der Waals surface area contributed by atoms with Crippen molar-refractivity contribution in [3.05, 3.63) is 53.7 Å². The quantitative estimate of drug-likeness (QED) is 0.694. The van der Waals surface area contributed by atoms with Crippen LogP contribution in [0, 0.1) is 0 Å². The van der Waals surface area contributed by atoms with Crippen molar-refractivity contribution in [2.24, 2.45) is 7.05 Å². The Morgan fingerprint density at radius 3 is 2.60 bits per heavy atom. The molecule has 128 valence electrons. The molecule has 0 radical (unpaired) electrons. The van der Waals surface area contributed by atoms with E-state index in [1.54, 1.807) is 24.1 Å². The van der Waals surface area contributed by atoms with Gasteiger partial charge in [-0.3, -0.25) is 9.48 Å². The molecule has 9 heteroatoms. The lowest BCUT2D eigenvalue weighted by Crippen LogP contribution is -2.23. The highest BCUT2D eigenvalue weighted by molar-refractivity contribution is 5.96. The predicted octanol–water partition coefficient (Wildman–Crippen LogP) is 1.19. The molecular formula is C16H15N5O4. The summed E-state index contributed by atoms with van der Waals surface area (Å²) < 4.78 is 11.3. The summed E-state index contributed by atoms with van der Waals surface area (Å²) >= 11 is 0. The number of methoxy groups -OCH3 is 1. The molecule has 25 heavy (non-hydrogen) atoms. The van der Waals surface area contributed by atoms with Crippen molar-refractivity contribution >= 4 is 11.9 Å². The van der Waals surface area contributed by atoms with E-state index >= 15 is 0 Å². The number of nitrogens with one attached hydrogen (secondary N) is 1. The minimum Gasteiger partial charge on any atom is -0.465 e. The number of rotatable bonds is 5. The third-order valence-electron chi connectivity index (χ3n) is 3.40. The fourth-order valence-electron chi connectivity index (χ4n) is 2.11. The Hall–Kier alpha value is -3.49. The highest BCUT2D eigenvalue weighted by atomic mass is 16.5. The van der Waals surface area contributed by atoms with Gasteiger partial charge in [-0.2, -0.15) is 10.1 Å². The Morgan fingerprint density at radius 2 is 1.96 bits per heavy atom. The first-order chi connectivity index (χ1) is 12.1. The number of carbonyl (C=O) groups is 2. The molecule has 3 rings (SSSR count). The molecule has 3 aromatic rings. The number of carbonyl (C=O) groups excluding carboxylic acids is 2. The summed E-state index contributed by atoms with van der Waals surface area (Å²) in [5.41, 5.74) is 1.50. The van der Waals surface area contributed by atoms with Crippen LogP contribution in [0.3, 0.4) is 0 Å². The number of esters is 1. The van der Waals surface area contributed by atoms with E-state index in [-0.39, 0.29) is 18.3 Å². The molecule has 0 aliphatic rings. The van der Waals surface area contributed by atoms with Crippen molar-refractivity contribution in [1.82, 2.24) is 25.2 Å². The zero-order valence-corrected chi connectivity index (χ0v) is 13.6. The smallest absolute Gasteiger partial charge is 0.337 e. The Bertz CT molecular complexity index is 897. The molecule has 9 nitrogen and oxygen atoms in total. The van der Waals surface area contributed by atoms with Crippen LogP contribution >= 0.6 is 0 Å². The van der Waals surface area contributed by atoms with Crippen LogP contribution < -0.4 is 5.32 Å². The van der Waals surface area contributed by atoms with Gasteiger partial charge in [0, 0.05) is 18.8 Å². The average molecular weight is 341 g/mol. The van der Waals surface area contributed by atoms with Crippen LogP contribution in [0.2, 0.25) is 0 Å². The number of hydrogen-bond acceptors (Lipinski definition) is 7. The molecule has 1 aromatic carbocycles. The van der Waals surface area contributed by atoms with E-state index < -0.39 is 5.97 Å². The van der Waals surface area contributed by atoms with Crippen molar-refractivity contribution in [3.8, 4) is 11.4 Å². The number of aryl methyl sites for hydroxylation is 1. The monoisotopic (exact) mass is 341 g/mol. The molecule has 1 N–H and O–H groups in total. The molecular weight excluding hydrogens is 326 g/mol. The molecule has 1 amide bonds. The van der Waals surface area contributed by atoms with Crippen molar-refractivity contribution < 1.29 is 18.8 Å². The molecule has 0 aliphatic carbocycles. The molecule has 0 saturated carbocycles. The summed E-state index contributed by atoms with van der Waals surface area (Å²) in [5.74, 6) is -0.101. The van der Waals surface area contributed by atoms with Gasteiger partial charge in [0.15, 0.2) is 0 Å². The fraction of sp³-hybridized carbons (Fsp3) is 0.188. The summed E-state index contributed by atoms with van der Waals surface area (Å²) in [5, 5.41) is 10.6. The normalized spacial score (nSPS) is 10.5. The second kappa shape index (κ2) is 6.95. The van der Waals surface area contributed by atoms with Crippen LogP contribution in [0.1, 0.15) is 26.6 Å². The van der Waals surface area contributed by atoms with E-state index in [0.717, 1.165) is 5.56 Å². The Labute approximate surface area is 142 Å². The molecule has 0 bridgehead atoms. The van der Waals surface area contributed by atoms with E-state index in [1.807, 2.05) is 0 Å². The Balaban J connectivity index is 1.61. The standard InChI is InChI=1S/C16H15N5O4/c1-21-9-12(7-18-21)14-19-13(25-20-14)8-17-15(22)10-3-5-11(6-4-10)16(23)24-2/h3-7,9H,8H2,1-2H3,(H,17,22). The average Bonchev–Trinajstić information content (AvgIpc) is 3.28. The van der Waals surface area contributed by atoms with E-state index in [1.165, 1.54) is 31.4 Å². The SMILES string of the molecule is COC(=O)c1ccc(C(=O)NCc2nc(-c3cnn(C)c3)no2)cc1. The van der Waals surface area contributed by atoms with Gasteiger partial charge < -0.3 is 14.6 Å². The third-order valence-corrected chi connectivity index (χ3v) is 3.40. The maximum Gasteiger partial charge on any atom is 0.337 e. The minimum atomic E-state index is -0.458. The first-order valence-corrected chi connectivity index (χ1v) is 7.35. The molecule has 2 aromatic heterocycles. The van der Waals surface area contributed by atoms with Gasteiger partial charge in [-0.05, 0) is 24.3 Å². The van der Waals surface area contributed by atoms with E-state index in [4.69, 9.17) is 4.52 Å². The van der Waals surface area contributed by atoms with Crippen LogP contribution in [0.25, 0.3) is 11.4 Å². The first kappa shape index (κ1) is 16.4. The van der Waals surface area contributed by atoms with Gasteiger partial charge in [0.05, 0.1) is 31.0 Å². The second-order valence-electron chi connectivity index (χ2n) is 5.17. The summed E-state index contributed by atoms with van der Waals surface area (Å²) in [4.78, 5) is 27.7. The lowest BCUT2D eigenvalue weighted by Gasteiger charge is -2.03. The molecule has 0 atom stereocenters. The number of aromatic nitrogens is 4. The zero-order chi connectivity index (χ0) is 17.8. The second-order valence-corrected chi connectivity index (χ2v) is 5.17. The number of amides is 1. The topological polar surface area (TPSA) is 112 Å². The van der Waals surface area contributed by atoms with Crippen LogP contribution in [-0.2, 0) is 18.3 Å². The predicted molar refractivity (Wildman–Crippen MR) is 85.5 cm³/mol. The van der Waals surface area contributed by atoms with E-state index in [2.05, 4.69) is 25.3 Å². The van der Waals surface area contributed by atoms with Crippen molar-refractivity contribution in [3.63, 3.8) is 0 Å². The first-order valence-electron chi connectivity index (χ1n) is 7.35. The van der Waals surface area contributed by atoms with Crippen LogP contribution in [0.5, 0.6) is 0 Å². The largest absolute Gasteiger partial charge is 0.465 e. The number of ether oxygens (including phenoxy) is 1. The number of hydrogen-bond donors (Lipinski definition) is 1. The highest BCUT2D eigenvalue weighted by Crippen LogP contribution is 2.14. The Kier molecular flexibility index (Phi) is 4.55. The molecule has 0 spiro atoms. The van der Waals surface area contributed by atoms with E-state index in [9.17, 15) is 9.59 Å². The van der Waals surface area contributed by atoms with E-state index in [0.29, 0.717) is 17.0 Å². The van der Waals surface area contributed by atoms with Crippen molar-refractivity contribution in [2.75, 3.05) is 7.11 Å². The van der Waals surface area contributed by atoms with Crippen molar-refractivity contribution in [2.45, 2.75) is 6.54 Å². The van der Waals surface area contributed by atoms with Crippen LogP contribution in [0.4, 0.5) is 0 Å². The molecule has 0 unspecified atom stereocenters. The summed E-state index contributed by atoms with van der Waals surface area (Å²) in [7, 11) is 3.09. The van der Waals surface area contributed by atoms with Gasteiger partial charge >= 0.3 is 5.97 Å². The van der Waals surface area contributed by atoms with Gasteiger partial charge in [0.2, 0.25) is 11.7 Å². The third kappa shape index (κ3) is 3.71.